The molecule has 2 heterocycles. The van der Waals surface area contributed by atoms with Crippen LogP contribution in [0, 0.1) is 6.92 Å². The van der Waals surface area contributed by atoms with Crippen LogP contribution in [0.15, 0.2) is 33.7 Å². The summed E-state index contributed by atoms with van der Waals surface area (Å²) in [6.45, 7) is 2.16. The Labute approximate surface area is 119 Å². The molecule has 7 heteroatoms. The van der Waals surface area contributed by atoms with Gasteiger partial charge in [-0.15, -0.1) is 0 Å². The molecule has 0 aliphatic carbocycles. The number of nitrogens with one attached hydrogen (secondary N) is 3. The minimum Gasteiger partial charge on any atom is -0.464 e. The molecular weight excluding hydrogens is 272 g/mol. The normalized spacial score (nSPS) is 10.9. The van der Waals surface area contributed by atoms with Crippen LogP contribution < -0.4 is 11.0 Å². The Bertz CT molecular complexity index is 843. The Hall–Kier alpha value is -2.83. The highest BCUT2D eigenvalue weighted by atomic mass is 16.3. The van der Waals surface area contributed by atoms with Crippen molar-refractivity contribution in [1.82, 2.24) is 20.5 Å². The summed E-state index contributed by atoms with van der Waals surface area (Å²) in [4.78, 5) is 25.3. The number of carbonyl (C=O) groups is 1. The third-order valence-corrected chi connectivity index (χ3v) is 3.17. The Balaban J connectivity index is 1.67. The molecule has 21 heavy (non-hydrogen) atoms. The number of amides is 1. The van der Waals surface area contributed by atoms with Crippen molar-refractivity contribution in [2.75, 3.05) is 0 Å². The van der Waals surface area contributed by atoms with Crippen molar-refractivity contribution >= 4 is 16.9 Å². The SMILES string of the molecule is Cc1ccc2c(CC(=O)NCc3n[nH]c(=O)[nH]3)coc2c1. The van der Waals surface area contributed by atoms with Crippen LogP contribution in [-0.4, -0.2) is 21.1 Å². The van der Waals surface area contributed by atoms with Crippen LogP contribution >= 0.6 is 0 Å². The molecule has 0 fully saturated rings. The molecule has 1 amide bonds. The smallest absolute Gasteiger partial charge is 0.340 e. The lowest BCUT2D eigenvalue weighted by atomic mass is 10.1. The van der Waals surface area contributed by atoms with E-state index in [1.165, 1.54) is 0 Å². The van der Waals surface area contributed by atoms with Crippen molar-refractivity contribution in [2.24, 2.45) is 0 Å². The summed E-state index contributed by atoms with van der Waals surface area (Å²) in [5, 5.41) is 9.59. The number of nitrogens with zero attached hydrogens (tertiary/aromatic N) is 1. The van der Waals surface area contributed by atoms with E-state index < -0.39 is 5.69 Å². The van der Waals surface area contributed by atoms with E-state index in [9.17, 15) is 9.59 Å². The molecule has 108 valence electrons. The van der Waals surface area contributed by atoms with Gasteiger partial charge in [0.25, 0.3) is 0 Å². The fraction of sp³-hybridized carbons (Fsp3) is 0.214. The van der Waals surface area contributed by atoms with Gasteiger partial charge < -0.3 is 9.73 Å². The second kappa shape index (κ2) is 5.28. The van der Waals surface area contributed by atoms with Gasteiger partial charge in [0, 0.05) is 10.9 Å². The summed E-state index contributed by atoms with van der Waals surface area (Å²) in [7, 11) is 0. The maximum atomic E-state index is 11.9. The molecule has 7 nitrogen and oxygen atoms in total. The van der Waals surface area contributed by atoms with Gasteiger partial charge in [-0.1, -0.05) is 12.1 Å². The van der Waals surface area contributed by atoms with Gasteiger partial charge in [0.05, 0.1) is 19.2 Å². The maximum absolute atomic E-state index is 11.9. The van der Waals surface area contributed by atoms with Crippen LogP contribution in [-0.2, 0) is 17.8 Å². The Morgan fingerprint density at radius 3 is 3.05 bits per heavy atom. The van der Waals surface area contributed by atoms with Crippen LogP contribution in [0.25, 0.3) is 11.0 Å². The zero-order valence-corrected chi connectivity index (χ0v) is 11.4. The molecule has 2 aromatic heterocycles. The van der Waals surface area contributed by atoms with E-state index in [1.54, 1.807) is 6.26 Å². The maximum Gasteiger partial charge on any atom is 0.340 e. The first-order valence-corrected chi connectivity index (χ1v) is 6.49. The van der Waals surface area contributed by atoms with Crippen LogP contribution in [0.1, 0.15) is 17.0 Å². The van der Waals surface area contributed by atoms with E-state index in [2.05, 4.69) is 20.5 Å². The van der Waals surface area contributed by atoms with Gasteiger partial charge in [0.2, 0.25) is 5.91 Å². The van der Waals surface area contributed by atoms with Crippen LogP contribution in [0.4, 0.5) is 0 Å². The molecule has 0 aliphatic rings. The summed E-state index contributed by atoms with van der Waals surface area (Å²) >= 11 is 0. The number of carbonyl (C=O) groups excluding carboxylic acids is 1. The van der Waals surface area contributed by atoms with Crippen LogP contribution in [0.5, 0.6) is 0 Å². The number of H-pyrrole nitrogens is 2. The number of furan rings is 1. The number of aryl methyl sites for hydroxylation is 1. The van der Waals surface area contributed by atoms with E-state index in [0.29, 0.717) is 5.82 Å². The van der Waals surface area contributed by atoms with Gasteiger partial charge in [-0.3, -0.25) is 9.78 Å². The van der Waals surface area contributed by atoms with Gasteiger partial charge in [-0.25, -0.2) is 9.89 Å². The molecule has 0 saturated carbocycles. The first-order chi connectivity index (χ1) is 10.1. The zero-order chi connectivity index (χ0) is 14.8. The highest BCUT2D eigenvalue weighted by molar-refractivity contribution is 5.87. The summed E-state index contributed by atoms with van der Waals surface area (Å²) < 4.78 is 5.45. The summed E-state index contributed by atoms with van der Waals surface area (Å²) in [6, 6.07) is 5.86. The van der Waals surface area contributed by atoms with Gasteiger partial charge in [0.15, 0.2) is 0 Å². The summed E-state index contributed by atoms with van der Waals surface area (Å²) in [5.41, 5.74) is 2.32. The average molecular weight is 286 g/mol. The molecule has 1 aromatic carbocycles. The molecule has 3 N–H and O–H groups in total. The minimum atomic E-state index is -0.393. The van der Waals surface area contributed by atoms with E-state index in [0.717, 1.165) is 22.1 Å². The van der Waals surface area contributed by atoms with E-state index in [4.69, 9.17) is 4.42 Å². The number of hydrogen-bond donors (Lipinski definition) is 3. The second-order valence-electron chi connectivity index (χ2n) is 4.84. The quantitative estimate of drug-likeness (QED) is 0.665. The zero-order valence-electron chi connectivity index (χ0n) is 11.4. The Kier molecular flexibility index (Phi) is 3.31. The number of rotatable bonds is 4. The first kappa shape index (κ1) is 13.2. The highest BCUT2D eigenvalue weighted by Gasteiger charge is 2.11. The van der Waals surface area contributed by atoms with Crippen molar-refractivity contribution < 1.29 is 9.21 Å². The molecule has 0 radical (unpaired) electrons. The van der Waals surface area contributed by atoms with Crippen molar-refractivity contribution in [3.63, 3.8) is 0 Å². The molecule has 0 unspecified atom stereocenters. The first-order valence-electron chi connectivity index (χ1n) is 6.49. The summed E-state index contributed by atoms with van der Waals surface area (Å²) in [6.07, 6.45) is 1.81. The number of aromatic amines is 2. The lowest BCUT2D eigenvalue weighted by molar-refractivity contribution is -0.120. The topological polar surface area (TPSA) is 104 Å². The molecular formula is C14H14N4O3. The third-order valence-electron chi connectivity index (χ3n) is 3.17. The van der Waals surface area contributed by atoms with Gasteiger partial charge in [0.1, 0.15) is 11.4 Å². The van der Waals surface area contributed by atoms with E-state index >= 15 is 0 Å². The van der Waals surface area contributed by atoms with Gasteiger partial charge in [-0.2, -0.15) is 5.10 Å². The van der Waals surface area contributed by atoms with Crippen molar-refractivity contribution in [3.8, 4) is 0 Å². The average Bonchev–Trinajstić information content (AvgIpc) is 3.03. The Morgan fingerprint density at radius 2 is 2.29 bits per heavy atom. The molecule has 3 rings (SSSR count). The third kappa shape index (κ3) is 2.86. The number of hydrogen-bond acceptors (Lipinski definition) is 4. The molecule has 0 bridgehead atoms. The monoisotopic (exact) mass is 286 g/mol. The standard InChI is InChI=1S/C14H14N4O3/c1-8-2-3-10-9(7-21-11(10)4-8)5-13(19)15-6-12-16-14(20)18-17-12/h2-4,7H,5-6H2,1H3,(H,15,19)(H2,16,17,18,20). The van der Waals surface area contributed by atoms with Crippen LogP contribution in [0.3, 0.4) is 0 Å². The molecule has 3 aromatic rings. The van der Waals surface area contributed by atoms with Gasteiger partial charge in [-0.05, 0) is 18.6 Å². The number of fused-ring (bicyclic) bond motifs is 1. The van der Waals surface area contributed by atoms with Crippen LogP contribution in [0.2, 0.25) is 0 Å². The van der Waals surface area contributed by atoms with Crippen molar-refractivity contribution in [2.45, 2.75) is 19.9 Å². The molecule has 0 atom stereocenters. The highest BCUT2D eigenvalue weighted by Crippen LogP contribution is 2.22. The predicted molar refractivity (Wildman–Crippen MR) is 75.7 cm³/mol. The van der Waals surface area contributed by atoms with E-state index in [1.807, 2.05) is 25.1 Å². The lowest BCUT2D eigenvalue weighted by Crippen LogP contribution is -2.25. The van der Waals surface area contributed by atoms with Crippen molar-refractivity contribution in [1.29, 1.82) is 0 Å². The number of benzene rings is 1. The van der Waals surface area contributed by atoms with Gasteiger partial charge >= 0.3 is 5.69 Å². The molecule has 0 spiro atoms. The predicted octanol–water partition coefficient (Wildman–Crippen LogP) is 1.01. The fourth-order valence-electron chi connectivity index (χ4n) is 2.13. The largest absolute Gasteiger partial charge is 0.464 e. The molecule has 0 aliphatic heterocycles. The summed E-state index contributed by atoms with van der Waals surface area (Å²) in [5.74, 6) is 0.225. The minimum absolute atomic E-state index is 0.165. The second-order valence-corrected chi connectivity index (χ2v) is 4.84. The molecule has 0 saturated heterocycles. The fourth-order valence-corrected chi connectivity index (χ4v) is 2.13. The van der Waals surface area contributed by atoms with E-state index in [-0.39, 0.29) is 18.9 Å². The number of aromatic nitrogens is 3. The lowest BCUT2D eigenvalue weighted by Gasteiger charge is -2.01. The van der Waals surface area contributed by atoms with Crippen molar-refractivity contribution in [3.05, 3.63) is 51.9 Å². The Morgan fingerprint density at radius 1 is 1.43 bits per heavy atom.